The Kier molecular flexibility index (Phi) is 5.02. The molecule has 0 unspecified atom stereocenters. The third kappa shape index (κ3) is 3.81. The number of hydrogen-bond donors (Lipinski definition) is 1. The minimum absolute atomic E-state index is 0.0415. The van der Waals surface area contributed by atoms with Gasteiger partial charge in [0.2, 0.25) is 5.91 Å². The molecule has 0 radical (unpaired) electrons. The number of nitrogens with zero attached hydrogens (tertiary/aromatic N) is 2. The van der Waals surface area contributed by atoms with E-state index in [4.69, 9.17) is 4.74 Å². The number of amides is 2. The summed E-state index contributed by atoms with van der Waals surface area (Å²) in [6.07, 6.45) is 3.45. The molecule has 1 N–H and O–H groups in total. The van der Waals surface area contributed by atoms with Crippen molar-refractivity contribution in [3.05, 3.63) is 53.6 Å². The molecule has 1 aliphatic rings. The lowest BCUT2D eigenvalue weighted by atomic mass is 10.1. The normalized spacial score (nSPS) is 14.5. The first-order chi connectivity index (χ1) is 12.1. The van der Waals surface area contributed by atoms with Crippen molar-refractivity contribution < 1.29 is 18.7 Å². The number of H-pyrrole nitrogens is 1. The van der Waals surface area contributed by atoms with Gasteiger partial charge in [-0.05, 0) is 24.3 Å². The van der Waals surface area contributed by atoms with Gasteiger partial charge in [-0.25, -0.2) is 4.39 Å². The van der Waals surface area contributed by atoms with Crippen LogP contribution in [-0.4, -0.2) is 59.9 Å². The number of aromatic amines is 1. The summed E-state index contributed by atoms with van der Waals surface area (Å²) in [5.41, 5.74) is 1.14. The van der Waals surface area contributed by atoms with Crippen molar-refractivity contribution in [1.82, 2.24) is 14.8 Å². The van der Waals surface area contributed by atoms with E-state index in [-0.39, 0.29) is 18.2 Å². The predicted molar refractivity (Wildman–Crippen MR) is 89.9 cm³/mol. The second kappa shape index (κ2) is 7.38. The Labute approximate surface area is 145 Å². The minimum atomic E-state index is -0.398. The summed E-state index contributed by atoms with van der Waals surface area (Å²) in [6.45, 7) is 1.89. The van der Waals surface area contributed by atoms with Crippen LogP contribution in [0.4, 0.5) is 4.39 Å². The van der Waals surface area contributed by atoms with Gasteiger partial charge >= 0.3 is 0 Å². The van der Waals surface area contributed by atoms with E-state index in [0.29, 0.717) is 43.1 Å². The molecule has 6 nitrogen and oxygen atoms in total. The van der Waals surface area contributed by atoms with Crippen molar-refractivity contribution in [3.8, 4) is 5.75 Å². The summed E-state index contributed by atoms with van der Waals surface area (Å²) in [6, 6.07) is 5.88. The molecule has 2 aromatic rings. The molecule has 0 bridgehead atoms. The molecule has 2 heterocycles. The predicted octanol–water partition coefficient (Wildman–Crippen LogP) is 1.69. The van der Waals surface area contributed by atoms with Crippen molar-refractivity contribution in [2.45, 2.75) is 6.42 Å². The van der Waals surface area contributed by atoms with Crippen LogP contribution in [0.15, 0.2) is 36.7 Å². The van der Waals surface area contributed by atoms with Gasteiger partial charge in [-0.3, -0.25) is 9.59 Å². The molecule has 0 spiro atoms. The van der Waals surface area contributed by atoms with Gasteiger partial charge in [-0.1, -0.05) is 0 Å². The van der Waals surface area contributed by atoms with Gasteiger partial charge in [0.25, 0.3) is 5.91 Å². The van der Waals surface area contributed by atoms with E-state index in [2.05, 4.69) is 4.98 Å². The molecule has 25 heavy (non-hydrogen) atoms. The number of ether oxygens (including phenoxy) is 1. The largest absolute Gasteiger partial charge is 0.496 e. The number of carbonyl (C=O) groups is 2. The number of carbonyl (C=O) groups excluding carboxylic acids is 2. The van der Waals surface area contributed by atoms with E-state index >= 15 is 0 Å². The van der Waals surface area contributed by atoms with Gasteiger partial charge in [0, 0.05) is 44.1 Å². The van der Waals surface area contributed by atoms with Crippen molar-refractivity contribution in [2.75, 3.05) is 33.3 Å². The van der Waals surface area contributed by atoms with Gasteiger partial charge in [-0.15, -0.1) is 0 Å². The Morgan fingerprint density at radius 3 is 2.52 bits per heavy atom. The second-order valence-electron chi connectivity index (χ2n) is 5.91. The standard InChI is InChI=1S/C18H20FN3O3/c1-25-16-3-2-15(19)10-14(16)11-17(23)21-6-8-22(9-7-21)18(24)13-4-5-20-12-13/h2-5,10,12,20H,6-9,11H2,1H3. The van der Waals surface area contributed by atoms with Crippen LogP contribution >= 0.6 is 0 Å². The van der Waals surface area contributed by atoms with Gasteiger partial charge < -0.3 is 19.5 Å². The van der Waals surface area contributed by atoms with Gasteiger partial charge in [0.15, 0.2) is 0 Å². The molecule has 0 aliphatic carbocycles. The summed E-state index contributed by atoms with van der Waals surface area (Å²) in [5.74, 6) is -0.0423. The Bertz CT molecular complexity index is 753. The van der Waals surface area contributed by atoms with E-state index in [9.17, 15) is 14.0 Å². The lowest BCUT2D eigenvalue weighted by Crippen LogP contribution is -2.51. The Morgan fingerprint density at radius 1 is 1.16 bits per heavy atom. The number of methoxy groups -OCH3 is 1. The molecule has 132 valence electrons. The summed E-state index contributed by atoms with van der Waals surface area (Å²) in [7, 11) is 1.49. The smallest absolute Gasteiger partial charge is 0.255 e. The quantitative estimate of drug-likeness (QED) is 0.917. The number of halogens is 1. The molecule has 1 aliphatic heterocycles. The number of benzene rings is 1. The lowest BCUT2D eigenvalue weighted by Gasteiger charge is -2.34. The fourth-order valence-corrected chi connectivity index (χ4v) is 2.96. The highest BCUT2D eigenvalue weighted by molar-refractivity contribution is 5.94. The highest BCUT2D eigenvalue weighted by atomic mass is 19.1. The SMILES string of the molecule is COc1ccc(F)cc1CC(=O)N1CCN(C(=O)c2cc[nH]c2)CC1. The summed E-state index contributed by atoms with van der Waals surface area (Å²) in [4.78, 5) is 31.1. The molecule has 3 rings (SSSR count). The summed E-state index contributed by atoms with van der Waals surface area (Å²) >= 11 is 0. The van der Waals surface area contributed by atoms with Crippen LogP contribution in [-0.2, 0) is 11.2 Å². The first-order valence-electron chi connectivity index (χ1n) is 8.10. The summed E-state index contributed by atoms with van der Waals surface area (Å²) in [5, 5.41) is 0. The van der Waals surface area contributed by atoms with Crippen LogP contribution < -0.4 is 4.74 Å². The van der Waals surface area contributed by atoms with Crippen LogP contribution in [0.1, 0.15) is 15.9 Å². The van der Waals surface area contributed by atoms with Gasteiger partial charge in [0.05, 0.1) is 19.1 Å². The number of aromatic nitrogens is 1. The van der Waals surface area contributed by atoms with Gasteiger partial charge in [-0.2, -0.15) is 0 Å². The highest BCUT2D eigenvalue weighted by Crippen LogP contribution is 2.21. The Balaban J connectivity index is 1.59. The topological polar surface area (TPSA) is 65.6 Å². The average Bonchev–Trinajstić information content (AvgIpc) is 3.16. The zero-order valence-corrected chi connectivity index (χ0v) is 14.0. The second-order valence-corrected chi connectivity index (χ2v) is 5.91. The van der Waals surface area contributed by atoms with Crippen LogP contribution in [0, 0.1) is 5.82 Å². The first kappa shape index (κ1) is 17.0. The highest BCUT2D eigenvalue weighted by Gasteiger charge is 2.25. The Morgan fingerprint density at radius 2 is 1.88 bits per heavy atom. The molecule has 1 aromatic heterocycles. The van der Waals surface area contributed by atoms with Gasteiger partial charge in [0.1, 0.15) is 11.6 Å². The Hall–Kier alpha value is -2.83. The van der Waals surface area contributed by atoms with Crippen molar-refractivity contribution in [3.63, 3.8) is 0 Å². The number of rotatable bonds is 4. The summed E-state index contributed by atoms with van der Waals surface area (Å²) < 4.78 is 18.6. The number of piperazine rings is 1. The first-order valence-corrected chi connectivity index (χ1v) is 8.10. The average molecular weight is 345 g/mol. The molecule has 1 saturated heterocycles. The molecule has 2 amide bonds. The molecule has 0 saturated carbocycles. The van der Waals surface area contributed by atoms with E-state index in [1.165, 1.54) is 25.3 Å². The molecule has 7 heteroatoms. The molecular weight excluding hydrogens is 325 g/mol. The van der Waals surface area contributed by atoms with Crippen molar-refractivity contribution >= 4 is 11.8 Å². The zero-order chi connectivity index (χ0) is 17.8. The van der Waals surface area contributed by atoms with Crippen LogP contribution in [0.25, 0.3) is 0 Å². The van der Waals surface area contributed by atoms with E-state index in [1.54, 1.807) is 28.3 Å². The third-order valence-electron chi connectivity index (χ3n) is 4.35. The molecule has 1 aromatic carbocycles. The van der Waals surface area contributed by atoms with Crippen molar-refractivity contribution in [1.29, 1.82) is 0 Å². The molecule has 0 atom stereocenters. The van der Waals surface area contributed by atoms with Crippen molar-refractivity contribution in [2.24, 2.45) is 0 Å². The third-order valence-corrected chi connectivity index (χ3v) is 4.35. The maximum atomic E-state index is 13.4. The monoisotopic (exact) mass is 345 g/mol. The minimum Gasteiger partial charge on any atom is -0.496 e. The lowest BCUT2D eigenvalue weighted by molar-refractivity contribution is -0.131. The van der Waals surface area contributed by atoms with Crippen LogP contribution in [0.5, 0.6) is 5.75 Å². The molecule has 1 fully saturated rings. The maximum Gasteiger partial charge on any atom is 0.255 e. The fraction of sp³-hybridized carbons (Fsp3) is 0.333. The molecular formula is C18H20FN3O3. The number of hydrogen-bond acceptors (Lipinski definition) is 3. The maximum absolute atomic E-state index is 13.4. The van der Waals surface area contributed by atoms with E-state index in [0.717, 1.165) is 0 Å². The van der Waals surface area contributed by atoms with E-state index < -0.39 is 5.82 Å². The number of nitrogens with one attached hydrogen (secondary N) is 1. The van der Waals surface area contributed by atoms with E-state index in [1.807, 2.05) is 0 Å². The van der Waals surface area contributed by atoms with Crippen LogP contribution in [0.2, 0.25) is 0 Å². The van der Waals surface area contributed by atoms with Crippen LogP contribution in [0.3, 0.4) is 0 Å². The fourth-order valence-electron chi connectivity index (χ4n) is 2.96. The zero-order valence-electron chi connectivity index (χ0n) is 14.0.